The summed E-state index contributed by atoms with van der Waals surface area (Å²) in [7, 11) is 0. The minimum Gasteiger partial charge on any atom is -0.507 e. The second-order valence-corrected chi connectivity index (χ2v) is 10.8. The molecule has 0 heterocycles. The Balaban J connectivity index is 0.000000269. The van der Waals surface area contributed by atoms with Gasteiger partial charge < -0.3 is 24.1 Å². The van der Waals surface area contributed by atoms with E-state index >= 15 is 0 Å². The number of carbonyl (C=O) groups excluding carboxylic acids is 1. The zero-order valence-electron chi connectivity index (χ0n) is 27.9. The van der Waals surface area contributed by atoms with Crippen molar-refractivity contribution in [3.8, 4) is 23.0 Å². The lowest BCUT2D eigenvalue weighted by Crippen LogP contribution is -2.16. The lowest BCUT2D eigenvalue weighted by molar-refractivity contribution is -0.145. The number of carbonyl (C=O) groups is 1. The lowest BCUT2D eigenvalue weighted by atomic mass is 10.0. The topological polar surface area (TPSA) is 74.2 Å². The molecule has 0 saturated carbocycles. The number of phenols is 1. The van der Waals surface area contributed by atoms with Gasteiger partial charge in [0.2, 0.25) is 0 Å². The molecule has 0 aromatic heterocycles. The van der Waals surface area contributed by atoms with E-state index in [0.29, 0.717) is 57.0 Å². The fraction of sp³-hybridized carbons (Fsp3) is 0.214. The van der Waals surface area contributed by atoms with Gasteiger partial charge in [-0.25, -0.2) is 4.79 Å². The van der Waals surface area contributed by atoms with Crippen molar-refractivity contribution in [2.75, 3.05) is 13.2 Å². The molecule has 0 fully saturated rings. The molecule has 48 heavy (non-hydrogen) atoms. The van der Waals surface area contributed by atoms with E-state index in [1.807, 2.05) is 84.9 Å². The van der Waals surface area contributed by atoms with Gasteiger partial charge >= 0.3 is 5.97 Å². The average Bonchev–Trinajstić information content (AvgIpc) is 3.10. The van der Waals surface area contributed by atoms with Crippen molar-refractivity contribution in [2.24, 2.45) is 0 Å². The molecule has 0 aliphatic carbocycles. The van der Waals surface area contributed by atoms with Gasteiger partial charge in [0.25, 0.3) is 0 Å². The average molecular weight is 647 g/mol. The Hall–Kier alpha value is -5.49. The minimum atomic E-state index is -0.393. The summed E-state index contributed by atoms with van der Waals surface area (Å²) in [5.41, 5.74) is 5.69. The van der Waals surface area contributed by atoms with Crippen LogP contribution >= 0.6 is 0 Å². The number of benzene rings is 4. The predicted octanol–water partition coefficient (Wildman–Crippen LogP) is 9.09. The number of aromatic hydroxyl groups is 1. The van der Waals surface area contributed by atoms with Gasteiger partial charge in [-0.05, 0) is 68.0 Å². The second-order valence-electron chi connectivity index (χ2n) is 10.8. The van der Waals surface area contributed by atoms with Gasteiger partial charge in [-0.15, -0.1) is 26.3 Å². The molecule has 1 N–H and O–H groups in total. The maximum Gasteiger partial charge on any atom is 0.344 e. The van der Waals surface area contributed by atoms with Gasteiger partial charge in [-0.1, -0.05) is 85.0 Å². The molecule has 6 nitrogen and oxygen atoms in total. The lowest BCUT2D eigenvalue weighted by Gasteiger charge is -2.17. The smallest absolute Gasteiger partial charge is 0.344 e. The van der Waals surface area contributed by atoms with Gasteiger partial charge in [0, 0.05) is 22.3 Å². The number of rotatable bonds is 18. The van der Waals surface area contributed by atoms with E-state index in [1.54, 1.807) is 31.2 Å². The van der Waals surface area contributed by atoms with E-state index in [2.05, 4.69) is 26.3 Å². The SMILES string of the molecule is C=CCc1cc(OCc2ccccc2)cc(CC=C)c1O.C=CCc1cc(OCc2ccccc2)cc(CC=C)c1OCC(=O)OCC. The van der Waals surface area contributed by atoms with E-state index < -0.39 is 5.97 Å². The molecule has 0 bridgehead atoms. The molecule has 0 saturated heterocycles. The normalized spacial score (nSPS) is 10.1. The molecule has 6 heteroatoms. The van der Waals surface area contributed by atoms with Crippen LogP contribution in [0.15, 0.2) is 136 Å². The van der Waals surface area contributed by atoms with Crippen LogP contribution < -0.4 is 14.2 Å². The van der Waals surface area contributed by atoms with Crippen molar-refractivity contribution < 1.29 is 28.8 Å². The summed E-state index contributed by atoms with van der Waals surface area (Å²) < 4.78 is 22.5. The Morgan fingerprint density at radius 2 is 1.02 bits per heavy atom. The van der Waals surface area contributed by atoms with Crippen molar-refractivity contribution in [1.82, 2.24) is 0 Å². The fourth-order valence-electron chi connectivity index (χ4n) is 4.85. The first-order valence-corrected chi connectivity index (χ1v) is 16.0. The van der Waals surface area contributed by atoms with Crippen LogP contribution in [-0.4, -0.2) is 24.3 Å². The first kappa shape index (κ1) is 37.0. The van der Waals surface area contributed by atoms with Crippen molar-refractivity contribution in [3.05, 3.63) is 169 Å². The molecule has 0 unspecified atom stereocenters. The van der Waals surface area contributed by atoms with E-state index in [-0.39, 0.29) is 6.61 Å². The summed E-state index contributed by atoms with van der Waals surface area (Å²) in [4.78, 5) is 11.7. The molecule has 0 spiro atoms. The molecule has 0 aliphatic heterocycles. The van der Waals surface area contributed by atoms with Crippen LogP contribution in [0.4, 0.5) is 0 Å². The van der Waals surface area contributed by atoms with Crippen LogP contribution in [0.3, 0.4) is 0 Å². The summed E-state index contributed by atoms with van der Waals surface area (Å²) >= 11 is 0. The third-order valence-electron chi connectivity index (χ3n) is 7.05. The highest BCUT2D eigenvalue weighted by molar-refractivity contribution is 5.71. The van der Waals surface area contributed by atoms with E-state index in [9.17, 15) is 9.90 Å². The highest BCUT2D eigenvalue weighted by Crippen LogP contribution is 2.32. The first-order chi connectivity index (χ1) is 23.4. The zero-order valence-corrected chi connectivity index (χ0v) is 27.9. The van der Waals surface area contributed by atoms with Crippen LogP contribution in [0.5, 0.6) is 23.0 Å². The molecule has 0 radical (unpaired) electrons. The third-order valence-corrected chi connectivity index (χ3v) is 7.05. The number of hydrogen-bond acceptors (Lipinski definition) is 6. The zero-order chi connectivity index (χ0) is 34.6. The van der Waals surface area contributed by atoms with Gasteiger partial charge in [-0.3, -0.25) is 0 Å². The van der Waals surface area contributed by atoms with E-state index in [0.717, 1.165) is 44.9 Å². The number of hydrogen-bond donors (Lipinski definition) is 1. The van der Waals surface area contributed by atoms with Crippen molar-refractivity contribution in [3.63, 3.8) is 0 Å². The van der Waals surface area contributed by atoms with Crippen LogP contribution in [0.25, 0.3) is 0 Å². The fourth-order valence-corrected chi connectivity index (χ4v) is 4.85. The highest BCUT2D eigenvalue weighted by atomic mass is 16.6. The maximum atomic E-state index is 11.7. The van der Waals surface area contributed by atoms with Gasteiger partial charge in [0.05, 0.1) is 6.61 Å². The number of phenolic OH excluding ortho intramolecular Hbond substituents is 1. The van der Waals surface area contributed by atoms with Crippen molar-refractivity contribution in [2.45, 2.75) is 45.8 Å². The number of ether oxygens (including phenoxy) is 4. The largest absolute Gasteiger partial charge is 0.507 e. The minimum absolute atomic E-state index is 0.133. The van der Waals surface area contributed by atoms with Crippen LogP contribution in [0.1, 0.15) is 40.3 Å². The Labute approximate surface area is 285 Å². The van der Waals surface area contributed by atoms with Gasteiger partial charge in [0.15, 0.2) is 6.61 Å². The van der Waals surface area contributed by atoms with Gasteiger partial charge in [-0.2, -0.15) is 0 Å². The maximum absolute atomic E-state index is 11.7. The summed E-state index contributed by atoms with van der Waals surface area (Å²) in [6.45, 7) is 18.0. The monoisotopic (exact) mass is 646 g/mol. The standard InChI is InChI=1S/C23H26O4.C19H20O2/c1-4-10-19-14-21(26-16-18-12-8-7-9-13-18)15-20(11-5-2)23(19)27-17-22(24)25-6-3;1-3-8-16-12-18(13-17(9-4-2)19(16)20)21-14-15-10-6-5-7-11-15/h4-5,7-9,12-15H,1-2,6,10-11,16-17H2,3H3;3-7,10-13,20H,1-2,8-9,14H2. The molecule has 0 amide bonds. The molecule has 0 aliphatic rings. The Morgan fingerprint density at radius 1 is 0.625 bits per heavy atom. The molecule has 0 atom stereocenters. The molecule has 4 aromatic rings. The van der Waals surface area contributed by atoms with Crippen molar-refractivity contribution in [1.29, 1.82) is 0 Å². The molecular formula is C42H46O6. The summed E-state index contributed by atoms with van der Waals surface area (Å²) in [5.74, 6) is 2.08. The number of allylic oxidation sites excluding steroid dienone is 4. The summed E-state index contributed by atoms with van der Waals surface area (Å²) in [6.07, 6.45) is 9.56. The predicted molar refractivity (Wildman–Crippen MR) is 194 cm³/mol. The Kier molecular flexibility index (Phi) is 15.9. The quantitative estimate of drug-likeness (QED) is 0.0859. The molecular weight excluding hydrogens is 600 g/mol. The molecule has 4 rings (SSSR count). The van der Waals surface area contributed by atoms with Gasteiger partial charge in [0.1, 0.15) is 36.2 Å². The Morgan fingerprint density at radius 3 is 1.42 bits per heavy atom. The van der Waals surface area contributed by atoms with Crippen LogP contribution in [-0.2, 0) is 48.4 Å². The first-order valence-electron chi connectivity index (χ1n) is 16.0. The second kappa shape index (κ2) is 20.6. The molecule has 250 valence electrons. The van der Waals surface area contributed by atoms with Crippen LogP contribution in [0, 0.1) is 0 Å². The summed E-state index contributed by atoms with van der Waals surface area (Å²) in [5, 5.41) is 10.2. The van der Waals surface area contributed by atoms with Crippen molar-refractivity contribution >= 4 is 5.97 Å². The van der Waals surface area contributed by atoms with Crippen LogP contribution in [0.2, 0.25) is 0 Å². The number of esters is 1. The van der Waals surface area contributed by atoms with E-state index in [1.165, 1.54) is 0 Å². The third kappa shape index (κ3) is 12.0. The summed E-state index contributed by atoms with van der Waals surface area (Å²) in [6, 6.07) is 27.6. The highest BCUT2D eigenvalue weighted by Gasteiger charge is 2.15. The van der Waals surface area contributed by atoms with E-state index in [4.69, 9.17) is 18.9 Å². The Bertz CT molecular complexity index is 1560. The molecule has 4 aromatic carbocycles.